The molecule has 0 atom stereocenters. The first-order chi connectivity index (χ1) is 11.3. The standard InChI is InChI=1S/C17H14N2O3S/c20-17(11-2-4-13-16(8-11)23-10-18-13)19-12-3-5-14-15(9-12)22-7-1-6-21-14/h2-5,8-10H,1,6-7H2,(H,19,20). The fourth-order valence-corrected chi connectivity index (χ4v) is 3.16. The van der Waals surface area contributed by atoms with Crippen LogP contribution in [0.1, 0.15) is 16.8 Å². The Bertz CT molecular complexity index is 875. The van der Waals surface area contributed by atoms with Crippen molar-refractivity contribution in [2.75, 3.05) is 18.5 Å². The summed E-state index contributed by atoms with van der Waals surface area (Å²) >= 11 is 1.52. The van der Waals surface area contributed by atoms with Crippen molar-refractivity contribution in [3.63, 3.8) is 0 Å². The van der Waals surface area contributed by atoms with Gasteiger partial charge in [-0.05, 0) is 30.3 Å². The van der Waals surface area contributed by atoms with E-state index in [1.165, 1.54) is 11.3 Å². The normalized spacial score (nSPS) is 13.6. The minimum atomic E-state index is -0.158. The van der Waals surface area contributed by atoms with Gasteiger partial charge in [0.25, 0.3) is 5.91 Å². The number of thiazole rings is 1. The van der Waals surface area contributed by atoms with Crippen LogP contribution in [0.3, 0.4) is 0 Å². The van der Waals surface area contributed by atoms with Crippen LogP contribution in [0.25, 0.3) is 10.2 Å². The van der Waals surface area contributed by atoms with Crippen LogP contribution in [-0.2, 0) is 0 Å². The molecule has 1 amide bonds. The molecule has 0 bridgehead atoms. The number of carbonyl (C=O) groups is 1. The largest absolute Gasteiger partial charge is 0.490 e. The van der Waals surface area contributed by atoms with Crippen LogP contribution in [0.5, 0.6) is 11.5 Å². The van der Waals surface area contributed by atoms with E-state index in [4.69, 9.17) is 9.47 Å². The van der Waals surface area contributed by atoms with Gasteiger partial charge in [-0.3, -0.25) is 4.79 Å². The molecule has 1 aliphatic rings. The van der Waals surface area contributed by atoms with Crippen molar-refractivity contribution in [3.05, 3.63) is 47.5 Å². The lowest BCUT2D eigenvalue weighted by Crippen LogP contribution is -2.11. The predicted molar refractivity (Wildman–Crippen MR) is 89.6 cm³/mol. The quantitative estimate of drug-likeness (QED) is 0.780. The molecule has 0 saturated carbocycles. The molecule has 0 unspecified atom stereocenters. The Balaban J connectivity index is 1.57. The molecule has 1 N–H and O–H groups in total. The third kappa shape index (κ3) is 2.85. The van der Waals surface area contributed by atoms with E-state index in [1.807, 2.05) is 24.3 Å². The second-order valence-corrected chi connectivity index (χ2v) is 6.09. The third-order valence-electron chi connectivity index (χ3n) is 3.60. The van der Waals surface area contributed by atoms with Crippen LogP contribution in [0, 0.1) is 0 Å². The van der Waals surface area contributed by atoms with Gasteiger partial charge >= 0.3 is 0 Å². The molecule has 5 nitrogen and oxygen atoms in total. The maximum absolute atomic E-state index is 12.4. The highest BCUT2D eigenvalue weighted by Gasteiger charge is 2.13. The zero-order valence-corrected chi connectivity index (χ0v) is 13.1. The van der Waals surface area contributed by atoms with Crippen molar-refractivity contribution in [3.8, 4) is 11.5 Å². The maximum Gasteiger partial charge on any atom is 0.255 e. The van der Waals surface area contributed by atoms with Gasteiger partial charge in [0.05, 0.1) is 28.9 Å². The van der Waals surface area contributed by atoms with Gasteiger partial charge in [-0.1, -0.05) is 0 Å². The molecule has 1 aromatic heterocycles. The zero-order valence-electron chi connectivity index (χ0n) is 12.2. The summed E-state index contributed by atoms with van der Waals surface area (Å²) < 4.78 is 12.2. The van der Waals surface area contributed by atoms with Gasteiger partial charge in [0.15, 0.2) is 11.5 Å². The average molecular weight is 326 g/mol. The van der Waals surface area contributed by atoms with Crippen molar-refractivity contribution in [2.24, 2.45) is 0 Å². The number of nitrogens with one attached hydrogen (secondary N) is 1. The van der Waals surface area contributed by atoms with E-state index in [2.05, 4.69) is 10.3 Å². The van der Waals surface area contributed by atoms with Gasteiger partial charge in [0.1, 0.15) is 0 Å². The van der Waals surface area contributed by atoms with Crippen LogP contribution in [0.4, 0.5) is 5.69 Å². The summed E-state index contributed by atoms with van der Waals surface area (Å²) in [6, 6.07) is 10.9. The molecule has 1 aliphatic heterocycles. The van der Waals surface area contributed by atoms with E-state index in [0.717, 1.165) is 16.6 Å². The smallest absolute Gasteiger partial charge is 0.255 e. The molecule has 2 heterocycles. The van der Waals surface area contributed by atoms with Gasteiger partial charge in [-0.25, -0.2) is 4.98 Å². The summed E-state index contributed by atoms with van der Waals surface area (Å²) in [6.07, 6.45) is 0.852. The maximum atomic E-state index is 12.4. The van der Waals surface area contributed by atoms with Gasteiger partial charge in [0.2, 0.25) is 0 Å². The second kappa shape index (κ2) is 5.89. The number of hydrogen-bond donors (Lipinski definition) is 1. The Labute approximate surface area is 136 Å². The summed E-state index contributed by atoms with van der Waals surface area (Å²) in [7, 11) is 0. The molecule has 4 rings (SSSR count). The Morgan fingerprint density at radius 3 is 2.87 bits per heavy atom. The van der Waals surface area contributed by atoms with Crippen LogP contribution >= 0.6 is 11.3 Å². The first-order valence-corrected chi connectivity index (χ1v) is 8.22. The highest BCUT2D eigenvalue weighted by molar-refractivity contribution is 7.16. The second-order valence-electron chi connectivity index (χ2n) is 5.20. The van der Waals surface area contributed by atoms with E-state index >= 15 is 0 Å². The van der Waals surface area contributed by atoms with E-state index < -0.39 is 0 Å². The molecular formula is C17H14N2O3S. The number of fused-ring (bicyclic) bond motifs is 2. The number of benzene rings is 2. The molecule has 0 saturated heterocycles. The first-order valence-electron chi connectivity index (χ1n) is 7.34. The molecular weight excluding hydrogens is 312 g/mol. The molecule has 23 heavy (non-hydrogen) atoms. The van der Waals surface area contributed by atoms with Gasteiger partial charge in [-0.15, -0.1) is 11.3 Å². The van der Waals surface area contributed by atoms with Crippen molar-refractivity contribution >= 4 is 33.1 Å². The first kappa shape index (κ1) is 14.0. The molecule has 0 spiro atoms. The Morgan fingerprint density at radius 1 is 1.09 bits per heavy atom. The van der Waals surface area contributed by atoms with Crippen LogP contribution in [0.2, 0.25) is 0 Å². The van der Waals surface area contributed by atoms with Crippen molar-refractivity contribution in [1.82, 2.24) is 4.98 Å². The number of rotatable bonds is 2. The van der Waals surface area contributed by atoms with Gasteiger partial charge in [0, 0.05) is 23.7 Å². The fourth-order valence-electron chi connectivity index (χ4n) is 2.44. The summed E-state index contributed by atoms with van der Waals surface area (Å²) in [5, 5.41) is 2.90. The van der Waals surface area contributed by atoms with E-state index in [0.29, 0.717) is 36.0 Å². The highest BCUT2D eigenvalue weighted by Crippen LogP contribution is 2.32. The van der Waals surface area contributed by atoms with Crippen molar-refractivity contribution in [2.45, 2.75) is 6.42 Å². The van der Waals surface area contributed by atoms with Crippen molar-refractivity contribution in [1.29, 1.82) is 0 Å². The fraction of sp³-hybridized carbons (Fsp3) is 0.176. The molecule has 116 valence electrons. The topological polar surface area (TPSA) is 60.5 Å². The Hall–Kier alpha value is -2.60. The predicted octanol–water partition coefficient (Wildman–Crippen LogP) is 3.71. The summed E-state index contributed by atoms with van der Waals surface area (Å²) in [4.78, 5) is 16.6. The molecule has 0 aliphatic carbocycles. The lowest BCUT2D eigenvalue weighted by Gasteiger charge is -2.10. The molecule has 0 radical (unpaired) electrons. The SMILES string of the molecule is O=C(Nc1ccc2c(c1)OCCCO2)c1ccc2ncsc2c1. The molecule has 0 fully saturated rings. The van der Waals surface area contributed by atoms with Crippen LogP contribution in [0.15, 0.2) is 41.9 Å². The summed E-state index contributed by atoms with van der Waals surface area (Å²) in [5.41, 5.74) is 3.97. The number of carbonyl (C=O) groups excluding carboxylic acids is 1. The van der Waals surface area contributed by atoms with Crippen LogP contribution < -0.4 is 14.8 Å². The zero-order chi connectivity index (χ0) is 15.6. The minimum absolute atomic E-state index is 0.158. The monoisotopic (exact) mass is 326 g/mol. The number of aromatic nitrogens is 1. The number of anilines is 1. The number of amides is 1. The molecule has 2 aromatic carbocycles. The number of hydrogen-bond acceptors (Lipinski definition) is 5. The van der Waals surface area contributed by atoms with Gasteiger partial charge in [-0.2, -0.15) is 0 Å². The van der Waals surface area contributed by atoms with E-state index in [-0.39, 0.29) is 5.91 Å². The third-order valence-corrected chi connectivity index (χ3v) is 4.39. The molecule has 6 heteroatoms. The Morgan fingerprint density at radius 2 is 1.96 bits per heavy atom. The summed E-state index contributed by atoms with van der Waals surface area (Å²) in [6.45, 7) is 1.26. The lowest BCUT2D eigenvalue weighted by atomic mass is 10.2. The van der Waals surface area contributed by atoms with E-state index in [1.54, 1.807) is 17.6 Å². The number of nitrogens with zero attached hydrogens (tertiary/aromatic N) is 1. The highest BCUT2D eigenvalue weighted by atomic mass is 32.1. The number of ether oxygens (including phenoxy) is 2. The molecule has 3 aromatic rings. The van der Waals surface area contributed by atoms with Gasteiger partial charge < -0.3 is 14.8 Å². The van der Waals surface area contributed by atoms with E-state index in [9.17, 15) is 4.79 Å². The van der Waals surface area contributed by atoms with Crippen LogP contribution in [-0.4, -0.2) is 24.1 Å². The minimum Gasteiger partial charge on any atom is -0.490 e. The summed E-state index contributed by atoms with van der Waals surface area (Å²) in [5.74, 6) is 1.22. The lowest BCUT2D eigenvalue weighted by molar-refractivity contribution is 0.102. The Kier molecular flexibility index (Phi) is 3.59. The average Bonchev–Trinajstić information content (AvgIpc) is 2.91. The van der Waals surface area contributed by atoms with Crippen molar-refractivity contribution < 1.29 is 14.3 Å².